The summed E-state index contributed by atoms with van der Waals surface area (Å²) in [7, 11) is 4.09. The zero-order valence-electron chi connectivity index (χ0n) is 12.2. The van der Waals surface area contributed by atoms with Crippen LogP contribution < -0.4 is 5.32 Å². The average molecular weight is 258 g/mol. The number of rotatable bonds is 8. The second kappa shape index (κ2) is 8.86. The molecule has 0 amide bonds. The fourth-order valence-corrected chi connectivity index (χ4v) is 2.27. The number of nitrogens with zero attached hydrogens (tertiary/aromatic N) is 1. The van der Waals surface area contributed by atoms with E-state index in [2.05, 4.69) is 17.1 Å². The second-order valence-electron chi connectivity index (χ2n) is 5.88. The second-order valence-corrected chi connectivity index (χ2v) is 5.88. The summed E-state index contributed by atoms with van der Waals surface area (Å²) >= 11 is 0. The summed E-state index contributed by atoms with van der Waals surface area (Å²) in [5, 5.41) is 13.0. The molecule has 0 saturated heterocycles. The van der Waals surface area contributed by atoms with Crippen molar-refractivity contribution in [1.82, 2.24) is 10.2 Å². The van der Waals surface area contributed by atoms with E-state index in [1.807, 2.05) is 14.1 Å². The SMILES string of the molecule is CC1CCC(OCC(O)CNCCN(C)C)CC1. The van der Waals surface area contributed by atoms with Crippen LogP contribution in [0, 0.1) is 5.92 Å². The van der Waals surface area contributed by atoms with Gasteiger partial charge in [0, 0.05) is 19.6 Å². The van der Waals surface area contributed by atoms with Crippen LogP contribution in [0.2, 0.25) is 0 Å². The quantitative estimate of drug-likeness (QED) is 0.640. The molecule has 0 heterocycles. The van der Waals surface area contributed by atoms with Crippen LogP contribution >= 0.6 is 0 Å². The van der Waals surface area contributed by atoms with E-state index in [4.69, 9.17) is 4.74 Å². The summed E-state index contributed by atoms with van der Waals surface area (Å²) in [5.41, 5.74) is 0. The molecule has 0 radical (unpaired) electrons. The first-order valence-corrected chi connectivity index (χ1v) is 7.23. The Kier molecular flexibility index (Phi) is 7.82. The van der Waals surface area contributed by atoms with Crippen molar-refractivity contribution in [3.05, 3.63) is 0 Å². The van der Waals surface area contributed by atoms with Crippen LogP contribution in [-0.4, -0.2) is 62.6 Å². The first-order valence-electron chi connectivity index (χ1n) is 7.23. The van der Waals surface area contributed by atoms with Crippen molar-refractivity contribution >= 4 is 0 Å². The van der Waals surface area contributed by atoms with Gasteiger partial charge in [-0.25, -0.2) is 0 Å². The molecular weight excluding hydrogens is 228 g/mol. The van der Waals surface area contributed by atoms with Gasteiger partial charge in [0.05, 0.1) is 18.8 Å². The minimum absolute atomic E-state index is 0.373. The fourth-order valence-electron chi connectivity index (χ4n) is 2.27. The van der Waals surface area contributed by atoms with Gasteiger partial charge in [-0.1, -0.05) is 6.92 Å². The van der Waals surface area contributed by atoms with Crippen LogP contribution in [0.4, 0.5) is 0 Å². The number of ether oxygens (including phenoxy) is 1. The zero-order chi connectivity index (χ0) is 13.4. The van der Waals surface area contributed by atoms with Gasteiger partial charge in [-0.2, -0.15) is 0 Å². The van der Waals surface area contributed by atoms with Gasteiger partial charge in [-0.05, 0) is 45.7 Å². The standard InChI is InChI=1S/C14H30N2O2/c1-12-4-6-14(7-5-12)18-11-13(17)10-15-8-9-16(2)3/h12-15,17H,4-11H2,1-3H3. The van der Waals surface area contributed by atoms with Crippen LogP contribution in [0.1, 0.15) is 32.6 Å². The molecule has 1 saturated carbocycles. The van der Waals surface area contributed by atoms with E-state index in [-0.39, 0.29) is 6.10 Å². The van der Waals surface area contributed by atoms with Gasteiger partial charge in [0.1, 0.15) is 0 Å². The summed E-state index contributed by atoms with van der Waals surface area (Å²) < 4.78 is 5.77. The predicted molar refractivity (Wildman–Crippen MR) is 74.8 cm³/mol. The first kappa shape index (κ1) is 15.9. The van der Waals surface area contributed by atoms with Gasteiger partial charge < -0.3 is 20.1 Å². The number of likely N-dealkylation sites (N-methyl/N-ethyl adjacent to an activating group) is 1. The molecule has 1 aliphatic carbocycles. The summed E-state index contributed by atoms with van der Waals surface area (Å²) in [5.74, 6) is 0.850. The van der Waals surface area contributed by atoms with E-state index in [1.54, 1.807) is 0 Å². The minimum Gasteiger partial charge on any atom is -0.389 e. The lowest BCUT2D eigenvalue weighted by Crippen LogP contribution is -2.35. The highest BCUT2D eigenvalue weighted by Crippen LogP contribution is 2.25. The minimum atomic E-state index is -0.383. The van der Waals surface area contributed by atoms with E-state index in [0.29, 0.717) is 19.3 Å². The molecule has 0 bridgehead atoms. The molecule has 0 aromatic carbocycles. The number of aliphatic hydroxyl groups excluding tert-OH is 1. The lowest BCUT2D eigenvalue weighted by atomic mass is 9.89. The molecule has 0 aliphatic heterocycles. The molecule has 18 heavy (non-hydrogen) atoms. The van der Waals surface area contributed by atoms with Crippen molar-refractivity contribution < 1.29 is 9.84 Å². The van der Waals surface area contributed by atoms with Crippen LogP contribution in [0.15, 0.2) is 0 Å². The van der Waals surface area contributed by atoms with Gasteiger partial charge in [-0.15, -0.1) is 0 Å². The molecule has 1 unspecified atom stereocenters. The molecule has 1 rings (SSSR count). The Morgan fingerprint density at radius 1 is 1.28 bits per heavy atom. The maximum absolute atomic E-state index is 9.80. The van der Waals surface area contributed by atoms with Crippen LogP contribution in [-0.2, 0) is 4.74 Å². The first-order chi connectivity index (χ1) is 8.58. The monoisotopic (exact) mass is 258 g/mol. The summed E-state index contributed by atoms with van der Waals surface area (Å²) in [6, 6.07) is 0. The van der Waals surface area contributed by atoms with Gasteiger partial charge in [-0.3, -0.25) is 0 Å². The maximum Gasteiger partial charge on any atom is 0.0897 e. The lowest BCUT2D eigenvalue weighted by molar-refractivity contribution is -0.0277. The number of hydrogen-bond acceptors (Lipinski definition) is 4. The molecule has 1 fully saturated rings. The Morgan fingerprint density at radius 3 is 2.56 bits per heavy atom. The van der Waals surface area contributed by atoms with Crippen molar-refractivity contribution in [2.75, 3.05) is 40.3 Å². The highest BCUT2D eigenvalue weighted by Gasteiger charge is 2.19. The molecule has 0 aromatic rings. The van der Waals surface area contributed by atoms with E-state index in [0.717, 1.165) is 31.8 Å². The average Bonchev–Trinajstić information content (AvgIpc) is 2.34. The lowest BCUT2D eigenvalue weighted by Gasteiger charge is -2.27. The van der Waals surface area contributed by atoms with Gasteiger partial charge in [0.25, 0.3) is 0 Å². The molecule has 2 N–H and O–H groups in total. The van der Waals surface area contributed by atoms with Crippen molar-refractivity contribution in [2.24, 2.45) is 5.92 Å². The largest absolute Gasteiger partial charge is 0.389 e. The molecule has 0 spiro atoms. The highest BCUT2D eigenvalue weighted by molar-refractivity contribution is 4.71. The maximum atomic E-state index is 9.80. The van der Waals surface area contributed by atoms with Gasteiger partial charge >= 0.3 is 0 Å². The number of hydrogen-bond donors (Lipinski definition) is 2. The Hall–Kier alpha value is -0.160. The topological polar surface area (TPSA) is 44.7 Å². The highest BCUT2D eigenvalue weighted by atomic mass is 16.5. The van der Waals surface area contributed by atoms with E-state index >= 15 is 0 Å². The fraction of sp³-hybridized carbons (Fsp3) is 1.00. The third-order valence-electron chi connectivity index (χ3n) is 3.60. The predicted octanol–water partition coefficient (Wildman–Crippen LogP) is 1.09. The Labute approximate surface area is 112 Å². The molecule has 4 heteroatoms. The van der Waals surface area contributed by atoms with E-state index in [9.17, 15) is 5.11 Å². The molecular formula is C14H30N2O2. The summed E-state index contributed by atoms with van der Waals surface area (Å²) in [6.07, 6.45) is 4.83. The Morgan fingerprint density at radius 2 is 1.94 bits per heavy atom. The number of aliphatic hydroxyl groups is 1. The summed E-state index contributed by atoms with van der Waals surface area (Å²) in [4.78, 5) is 2.12. The zero-order valence-corrected chi connectivity index (χ0v) is 12.2. The normalized spacial score (nSPS) is 26.5. The summed E-state index contributed by atoms with van der Waals surface area (Å²) in [6.45, 7) is 5.30. The van der Waals surface area contributed by atoms with E-state index < -0.39 is 0 Å². The van der Waals surface area contributed by atoms with Crippen molar-refractivity contribution in [3.63, 3.8) is 0 Å². The third kappa shape index (κ3) is 7.31. The van der Waals surface area contributed by atoms with E-state index in [1.165, 1.54) is 12.8 Å². The van der Waals surface area contributed by atoms with Crippen LogP contribution in [0.5, 0.6) is 0 Å². The molecule has 4 nitrogen and oxygen atoms in total. The molecule has 1 aliphatic rings. The van der Waals surface area contributed by atoms with Crippen molar-refractivity contribution in [3.8, 4) is 0 Å². The number of nitrogens with one attached hydrogen (secondary N) is 1. The third-order valence-corrected chi connectivity index (χ3v) is 3.60. The molecule has 0 aromatic heterocycles. The van der Waals surface area contributed by atoms with Gasteiger partial charge in [0.15, 0.2) is 0 Å². The van der Waals surface area contributed by atoms with Crippen molar-refractivity contribution in [1.29, 1.82) is 0 Å². The Bertz CT molecular complexity index is 204. The molecule has 108 valence electrons. The van der Waals surface area contributed by atoms with Gasteiger partial charge in [0.2, 0.25) is 0 Å². The smallest absolute Gasteiger partial charge is 0.0897 e. The van der Waals surface area contributed by atoms with Crippen LogP contribution in [0.3, 0.4) is 0 Å². The van der Waals surface area contributed by atoms with Crippen molar-refractivity contribution in [2.45, 2.75) is 44.8 Å². The van der Waals surface area contributed by atoms with Crippen LogP contribution in [0.25, 0.3) is 0 Å². The molecule has 1 atom stereocenters. The Balaban J connectivity index is 1.97.